The summed E-state index contributed by atoms with van der Waals surface area (Å²) in [6.07, 6.45) is 2.13. The van der Waals surface area contributed by atoms with Crippen molar-refractivity contribution in [2.24, 2.45) is 0 Å². The average Bonchev–Trinajstić information content (AvgIpc) is 2.35. The second-order valence-electron chi connectivity index (χ2n) is 4.52. The number of halogens is 2. The van der Waals surface area contributed by atoms with E-state index in [9.17, 15) is 17.4 Å². The molecule has 0 spiro atoms. The van der Waals surface area contributed by atoms with Gasteiger partial charge in [0.2, 0.25) is 0 Å². The Bertz CT molecular complexity index is 661. The summed E-state index contributed by atoms with van der Waals surface area (Å²) in [5.74, 6) is -0.0396. The molecular formula is C12H15Cl2NO4S2. The molecule has 0 heterocycles. The molecule has 0 aromatic heterocycles. The van der Waals surface area contributed by atoms with Crippen LogP contribution in [0.1, 0.15) is 23.7 Å². The monoisotopic (exact) mass is 371 g/mol. The summed E-state index contributed by atoms with van der Waals surface area (Å²) in [6, 6.07) is 3.45. The first-order valence-corrected chi connectivity index (χ1v) is 10.4. The number of amides is 1. The summed E-state index contributed by atoms with van der Waals surface area (Å²) >= 11 is 5.90. The summed E-state index contributed by atoms with van der Waals surface area (Å²) in [6.45, 7) is 1.76. The van der Waals surface area contributed by atoms with Gasteiger partial charge in [-0.3, -0.25) is 9.00 Å². The van der Waals surface area contributed by atoms with Crippen LogP contribution in [0, 0.1) is 0 Å². The van der Waals surface area contributed by atoms with Gasteiger partial charge in [-0.25, -0.2) is 8.42 Å². The SMILES string of the molecule is CC(CCS(C)=O)NC(=O)c1cc(S(=O)(=O)Cl)ccc1Cl. The fraction of sp³-hybridized carbons (Fsp3) is 0.417. The molecule has 0 radical (unpaired) electrons. The molecule has 0 aliphatic heterocycles. The minimum Gasteiger partial charge on any atom is -0.350 e. The number of rotatable bonds is 6. The summed E-state index contributed by atoms with van der Waals surface area (Å²) in [4.78, 5) is 11.9. The van der Waals surface area contributed by atoms with Crippen LogP contribution in [0.5, 0.6) is 0 Å². The molecule has 1 amide bonds. The van der Waals surface area contributed by atoms with Crippen LogP contribution in [0.3, 0.4) is 0 Å². The van der Waals surface area contributed by atoms with Gasteiger partial charge in [0, 0.05) is 39.5 Å². The van der Waals surface area contributed by atoms with Crippen molar-refractivity contribution in [3.63, 3.8) is 0 Å². The lowest BCUT2D eigenvalue weighted by atomic mass is 10.2. The molecule has 0 aliphatic carbocycles. The molecule has 1 aromatic rings. The van der Waals surface area contributed by atoms with Crippen molar-refractivity contribution >= 4 is 48.0 Å². The van der Waals surface area contributed by atoms with E-state index in [-0.39, 0.29) is 21.5 Å². The molecule has 2 unspecified atom stereocenters. The smallest absolute Gasteiger partial charge is 0.261 e. The Morgan fingerprint density at radius 3 is 2.57 bits per heavy atom. The second kappa shape index (κ2) is 7.58. The molecule has 1 aromatic carbocycles. The molecule has 1 rings (SSSR count). The largest absolute Gasteiger partial charge is 0.350 e. The van der Waals surface area contributed by atoms with E-state index < -0.39 is 25.8 Å². The lowest BCUT2D eigenvalue weighted by molar-refractivity contribution is 0.0939. The van der Waals surface area contributed by atoms with Crippen LogP contribution in [0.4, 0.5) is 0 Å². The third-order valence-corrected chi connectivity index (χ3v) is 5.17. The quantitative estimate of drug-likeness (QED) is 0.776. The van der Waals surface area contributed by atoms with Gasteiger partial charge in [-0.15, -0.1) is 0 Å². The molecule has 2 atom stereocenters. The van der Waals surface area contributed by atoms with Crippen LogP contribution in [0.15, 0.2) is 23.1 Å². The number of benzene rings is 1. The van der Waals surface area contributed by atoms with Crippen molar-refractivity contribution in [3.8, 4) is 0 Å². The van der Waals surface area contributed by atoms with Crippen LogP contribution >= 0.6 is 22.3 Å². The molecule has 0 saturated heterocycles. The highest BCUT2D eigenvalue weighted by molar-refractivity contribution is 8.13. The predicted molar refractivity (Wildman–Crippen MR) is 85.0 cm³/mol. The summed E-state index contributed by atoms with van der Waals surface area (Å²) < 4.78 is 33.6. The Morgan fingerprint density at radius 2 is 2.05 bits per heavy atom. The molecule has 5 nitrogen and oxygen atoms in total. The molecule has 21 heavy (non-hydrogen) atoms. The van der Waals surface area contributed by atoms with Crippen molar-refractivity contribution in [1.29, 1.82) is 0 Å². The standard InChI is InChI=1S/C12H15Cl2NO4S2/c1-8(5-6-20(2)17)15-12(16)10-7-9(21(14,18)19)3-4-11(10)13/h3-4,7-8H,5-6H2,1-2H3,(H,15,16). The van der Waals surface area contributed by atoms with Gasteiger partial charge in [0.25, 0.3) is 15.0 Å². The van der Waals surface area contributed by atoms with Crippen molar-refractivity contribution in [2.45, 2.75) is 24.3 Å². The lowest BCUT2D eigenvalue weighted by Gasteiger charge is -2.14. The van der Waals surface area contributed by atoms with Crippen LogP contribution in [-0.4, -0.2) is 36.6 Å². The van der Waals surface area contributed by atoms with Gasteiger partial charge in [0.1, 0.15) is 0 Å². The summed E-state index contributed by atoms with van der Waals surface area (Å²) in [7, 11) is 0.370. The molecule has 0 bridgehead atoms. The lowest BCUT2D eigenvalue weighted by Crippen LogP contribution is -2.33. The normalized spacial score (nSPS) is 14.5. The first kappa shape index (κ1) is 18.4. The van der Waals surface area contributed by atoms with Crippen molar-refractivity contribution in [3.05, 3.63) is 28.8 Å². The zero-order valence-electron chi connectivity index (χ0n) is 11.4. The highest BCUT2D eigenvalue weighted by Gasteiger charge is 2.18. The minimum absolute atomic E-state index is 0.0304. The van der Waals surface area contributed by atoms with E-state index in [1.165, 1.54) is 12.1 Å². The van der Waals surface area contributed by atoms with Gasteiger partial charge in [-0.1, -0.05) is 11.6 Å². The van der Waals surface area contributed by atoms with Crippen LogP contribution < -0.4 is 5.32 Å². The fourth-order valence-electron chi connectivity index (χ4n) is 1.55. The molecule has 0 fully saturated rings. The number of carbonyl (C=O) groups is 1. The fourth-order valence-corrected chi connectivity index (χ4v) is 3.21. The summed E-state index contributed by atoms with van der Waals surface area (Å²) in [5.41, 5.74) is 0.0304. The Labute approximate surface area is 135 Å². The van der Waals surface area contributed by atoms with E-state index in [0.29, 0.717) is 12.2 Å². The van der Waals surface area contributed by atoms with Gasteiger partial charge in [-0.2, -0.15) is 0 Å². The maximum absolute atomic E-state index is 12.1. The minimum atomic E-state index is -3.93. The first-order chi connectivity index (χ1) is 9.61. The number of carbonyl (C=O) groups excluding carboxylic acids is 1. The molecule has 9 heteroatoms. The molecule has 1 N–H and O–H groups in total. The number of nitrogens with one attached hydrogen (secondary N) is 1. The maximum atomic E-state index is 12.1. The van der Waals surface area contributed by atoms with Crippen molar-refractivity contribution < 1.29 is 17.4 Å². The third kappa shape index (κ3) is 5.94. The topological polar surface area (TPSA) is 80.3 Å². The highest BCUT2D eigenvalue weighted by Crippen LogP contribution is 2.23. The van der Waals surface area contributed by atoms with E-state index in [0.717, 1.165) is 6.07 Å². The summed E-state index contributed by atoms with van der Waals surface area (Å²) in [5, 5.41) is 2.80. The van der Waals surface area contributed by atoms with Crippen LogP contribution in [0.25, 0.3) is 0 Å². The second-order valence-corrected chi connectivity index (χ2v) is 9.05. The van der Waals surface area contributed by atoms with Gasteiger partial charge in [0.15, 0.2) is 0 Å². The van der Waals surface area contributed by atoms with Crippen molar-refractivity contribution in [1.82, 2.24) is 5.32 Å². The van der Waals surface area contributed by atoms with E-state index in [1.54, 1.807) is 13.2 Å². The maximum Gasteiger partial charge on any atom is 0.261 e. The Morgan fingerprint density at radius 1 is 1.43 bits per heavy atom. The Hall–Kier alpha value is -0.630. The van der Waals surface area contributed by atoms with E-state index in [2.05, 4.69) is 5.32 Å². The molecule has 0 saturated carbocycles. The molecular weight excluding hydrogens is 357 g/mol. The van der Waals surface area contributed by atoms with Gasteiger partial charge >= 0.3 is 0 Å². The highest BCUT2D eigenvalue weighted by atomic mass is 35.7. The number of hydrogen-bond donors (Lipinski definition) is 1. The van der Waals surface area contributed by atoms with Crippen molar-refractivity contribution in [2.75, 3.05) is 12.0 Å². The number of hydrogen-bond acceptors (Lipinski definition) is 4. The third-order valence-electron chi connectivity index (χ3n) is 2.68. The Kier molecular flexibility index (Phi) is 6.65. The zero-order valence-corrected chi connectivity index (χ0v) is 14.6. The van der Waals surface area contributed by atoms with E-state index in [4.69, 9.17) is 22.3 Å². The van der Waals surface area contributed by atoms with E-state index >= 15 is 0 Å². The van der Waals surface area contributed by atoms with Crippen LogP contribution in [0.2, 0.25) is 5.02 Å². The van der Waals surface area contributed by atoms with E-state index in [1.807, 2.05) is 0 Å². The average molecular weight is 372 g/mol. The first-order valence-electron chi connectivity index (χ1n) is 5.96. The zero-order chi connectivity index (χ0) is 16.2. The van der Waals surface area contributed by atoms with Crippen LogP contribution in [-0.2, 0) is 19.9 Å². The molecule has 118 valence electrons. The predicted octanol–water partition coefficient (Wildman–Crippen LogP) is 2.15. The Balaban J connectivity index is 2.89. The molecule has 0 aliphatic rings. The van der Waals surface area contributed by atoms with Gasteiger partial charge in [-0.05, 0) is 31.5 Å². The van der Waals surface area contributed by atoms with Gasteiger partial charge in [0.05, 0.1) is 15.5 Å². The van der Waals surface area contributed by atoms with Gasteiger partial charge < -0.3 is 5.32 Å².